The van der Waals surface area contributed by atoms with E-state index in [4.69, 9.17) is 4.74 Å². The van der Waals surface area contributed by atoms with Gasteiger partial charge in [0.2, 0.25) is 0 Å². The Hall–Kier alpha value is -1.06. The second-order valence-electron chi connectivity index (χ2n) is 6.18. The lowest BCUT2D eigenvalue weighted by molar-refractivity contribution is 0.122. The van der Waals surface area contributed by atoms with Crippen LogP contribution in [0.15, 0.2) is 24.3 Å². The van der Waals surface area contributed by atoms with E-state index in [0.717, 1.165) is 45.2 Å². The largest absolute Gasteiger partial charge is 0.384 e. The van der Waals surface area contributed by atoms with E-state index in [0.29, 0.717) is 5.92 Å². The molecule has 2 N–H and O–H groups in total. The smallest absolute Gasteiger partial charge is 0.0494 e. The minimum atomic E-state index is 0.706. The van der Waals surface area contributed by atoms with E-state index >= 15 is 0 Å². The molecule has 1 aliphatic carbocycles. The van der Waals surface area contributed by atoms with Crippen molar-refractivity contribution in [3.05, 3.63) is 29.8 Å². The molecule has 3 nitrogen and oxygen atoms in total. The van der Waals surface area contributed by atoms with Gasteiger partial charge in [0.15, 0.2) is 0 Å². The molecule has 1 unspecified atom stereocenters. The summed E-state index contributed by atoms with van der Waals surface area (Å²) in [5.74, 6) is 1.59. The lowest BCUT2D eigenvalue weighted by Gasteiger charge is -2.26. The van der Waals surface area contributed by atoms with Crippen LogP contribution in [-0.2, 0) is 11.2 Å². The number of para-hydroxylation sites is 1. The number of benzene rings is 1. The van der Waals surface area contributed by atoms with Crippen LogP contribution in [-0.4, -0.2) is 32.8 Å². The first-order chi connectivity index (χ1) is 9.92. The van der Waals surface area contributed by atoms with Crippen molar-refractivity contribution in [3.8, 4) is 0 Å². The highest BCUT2D eigenvalue weighted by atomic mass is 16.5. The van der Waals surface area contributed by atoms with E-state index < -0.39 is 0 Å². The predicted molar refractivity (Wildman–Crippen MR) is 83.2 cm³/mol. The Morgan fingerprint density at radius 1 is 1.20 bits per heavy atom. The van der Waals surface area contributed by atoms with Crippen LogP contribution in [0.3, 0.4) is 0 Å². The molecular weight excluding hydrogens is 248 g/mol. The molecule has 1 aromatic carbocycles. The van der Waals surface area contributed by atoms with Crippen molar-refractivity contribution in [3.63, 3.8) is 0 Å². The first-order valence-corrected chi connectivity index (χ1v) is 8.02. The van der Waals surface area contributed by atoms with Gasteiger partial charge in [-0.3, -0.25) is 0 Å². The molecular formula is C17H26N2O. The van der Waals surface area contributed by atoms with Crippen LogP contribution in [0, 0.1) is 11.8 Å². The van der Waals surface area contributed by atoms with Gasteiger partial charge in [-0.15, -0.1) is 0 Å². The Labute approximate surface area is 122 Å². The molecule has 1 heterocycles. The normalized spacial score (nSPS) is 21.3. The average Bonchev–Trinajstić information content (AvgIpc) is 3.30. The van der Waals surface area contributed by atoms with E-state index in [9.17, 15) is 0 Å². The molecule has 1 aromatic rings. The highest BCUT2D eigenvalue weighted by Crippen LogP contribution is 2.28. The predicted octanol–water partition coefficient (Wildman–Crippen LogP) is 2.68. The van der Waals surface area contributed by atoms with Crippen molar-refractivity contribution in [2.45, 2.75) is 25.7 Å². The highest BCUT2D eigenvalue weighted by molar-refractivity contribution is 5.53. The van der Waals surface area contributed by atoms with Crippen molar-refractivity contribution in [1.29, 1.82) is 0 Å². The van der Waals surface area contributed by atoms with Crippen LogP contribution < -0.4 is 10.6 Å². The zero-order chi connectivity index (χ0) is 13.6. The third kappa shape index (κ3) is 4.22. The fourth-order valence-corrected chi connectivity index (χ4v) is 2.79. The molecule has 0 aromatic heterocycles. The first kappa shape index (κ1) is 13.9. The molecule has 0 radical (unpaired) electrons. The van der Waals surface area contributed by atoms with Gasteiger partial charge >= 0.3 is 0 Å². The highest BCUT2D eigenvalue weighted by Gasteiger charge is 2.21. The van der Waals surface area contributed by atoms with Crippen LogP contribution in [0.4, 0.5) is 5.69 Å². The topological polar surface area (TPSA) is 33.3 Å². The summed E-state index contributed by atoms with van der Waals surface area (Å²) >= 11 is 0. The summed E-state index contributed by atoms with van der Waals surface area (Å²) in [6, 6.07) is 8.65. The van der Waals surface area contributed by atoms with Gasteiger partial charge in [0.05, 0.1) is 0 Å². The van der Waals surface area contributed by atoms with Crippen molar-refractivity contribution in [2.75, 3.05) is 38.2 Å². The molecule has 0 bridgehead atoms. The number of hydrogen-bond donors (Lipinski definition) is 2. The van der Waals surface area contributed by atoms with Crippen molar-refractivity contribution in [2.24, 2.45) is 11.8 Å². The van der Waals surface area contributed by atoms with Gasteiger partial charge in [-0.1, -0.05) is 18.2 Å². The number of rotatable bonds is 8. The molecule has 20 heavy (non-hydrogen) atoms. The van der Waals surface area contributed by atoms with Crippen molar-refractivity contribution < 1.29 is 4.74 Å². The molecule has 1 saturated carbocycles. The summed E-state index contributed by atoms with van der Waals surface area (Å²) in [5, 5.41) is 7.10. The van der Waals surface area contributed by atoms with Gasteiger partial charge in [0.25, 0.3) is 0 Å². The van der Waals surface area contributed by atoms with Gasteiger partial charge in [-0.25, -0.2) is 0 Å². The van der Waals surface area contributed by atoms with Crippen LogP contribution >= 0.6 is 0 Å². The van der Waals surface area contributed by atoms with E-state index in [1.165, 1.54) is 30.5 Å². The maximum Gasteiger partial charge on any atom is 0.0494 e. The number of hydrogen-bond acceptors (Lipinski definition) is 3. The lowest BCUT2D eigenvalue weighted by Crippen LogP contribution is -2.33. The molecule has 0 amide bonds. The molecule has 0 spiro atoms. The summed E-state index contributed by atoms with van der Waals surface area (Å²) in [6.07, 6.45) is 5.08. The standard InChI is InChI=1S/C17H26N2O/c1-2-5-17-16(4-1)10-15(12-19-17)11-18-8-3-9-20-13-14-6-7-14/h1-2,4-5,14-15,18-19H,3,6-13H2. The summed E-state index contributed by atoms with van der Waals surface area (Å²) in [4.78, 5) is 0. The maximum atomic E-state index is 5.64. The van der Waals surface area contributed by atoms with Gasteiger partial charge in [0.1, 0.15) is 0 Å². The summed E-state index contributed by atoms with van der Waals surface area (Å²) in [7, 11) is 0. The van der Waals surface area contributed by atoms with Gasteiger partial charge in [0, 0.05) is 25.4 Å². The number of ether oxygens (including phenoxy) is 1. The van der Waals surface area contributed by atoms with Crippen LogP contribution in [0.2, 0.25) is 0 Å². The molecule has 1 atom stereocenters. The molecule has 110 valence electrons. The Kier molecular flexibility index (Phi) is 4.93. The molecule has 1 fully saturated rings. The monoisotopic (exact) mass is 274 g/mol. The van der Waals surface area contributed by atoms with Gasteiger partial charge in [-0.05, 0) is 62.2 Å². The second kappa shape index (κ2) is 7.09. The average molecular weight is 274 g/mol. The molecule has 3 rings (SSSR count). The van der Waals surface area contributed by atoms with E-state index in [-0.39, 0.29) is 0 Å². The number of fused-ring (bicyclic) bond motifs is 1. The third-order valence-corrected chi connectivity index (χ3v) is 4.23. The minimum Gasteiger partial charge on any atom is -0.384 e. The zero-order valence-electron chi connectivity index (χ0n) is 12.2. The van der Waals surface area contributed by atoms with Crippen LogP contribution in [0.5, 0.6) is 0 Å². The summed E-state index contributed by atoms with van der Waals surface area (Å²) in [5.41, 5.74) is 2.77. The number of anilines is 1. The third-order valence-electron chi connectivity index (χ3n) is 4.23. The Morgan fingerprint density at radius 2 is 2.10 bits per heavy atom. The molecule has 2 aliphatic rings. The van der Waals surface area contributed by atoms with Crippen LogP contribution in [0.25, 0.3) is 0 Å². The van der Waals surface area contributed by atoms with E-state index in [2.05, 4.69) is 34.9 Å². The second-order valence-corrected chi connectivity index (χ2v) is 6.18. The SMILES string of the molecule is c1ccc2c(c1)CC(CNCCCOCC1CC1)CN2. The fourth-order valence-electron chi connectivity index (χ4n) is 2.79. The maximum absolute atomic E-state index is 5.64. The quantitative estimate of drug-likeness (QED) is 0.715. The zero-order valence-corrected chi connectivity index (χ0v) is 12.2. The lowest BCUT2D eigenvalue weighted by atomic mass is 9.94. The van der Waals surface area contributed by atoms with Gasteiger partial charge in [-0.2, -0.15) is 0 Å². The van der Waals surface area contributed by atoms with Crippen LogP contribution in [0.1, 0.15) is 24.8 Å². The molecule has 0 saturated heterocycles. The summed E-state index contributed by atoms with van der Waals surface area (Å²) in [6.45, 7) is 5.16. The van der Waals surface area contributed by atoms with Crippen molar-refractivity contribution in [1.82, 2.24) is 5.32 Å². The van der Waals surface area contributed by atoms with E-state index in [1.54, 1.807) is 0 Å². The minimum absolute atomic E-state index is 0.706. The Morgan fingerprint density at radius 3 is 3.00 bits per heavy atom. The Balaban J connectivity index is 1.26. The van der Waals surface area contributed by atoms with Crippen molar-refractivity contribution >= 4 is 5.69 Å². The summed E-state index contributed by atoms with van der Waals surface area (Å²) < 4.78 is 5.64. The Bertz CT molecular complexity index is 417. The van der Waals surface area contributed by atoms with E-state index in [1.807, 2.05) is 0 Å². The molecule has 3 heteroatoms. The molecule has 1 aliphatic heterocycles. The first-order valence-electron chi connectivity index (χ1n) is 8.02. The van der Waals surface area contributed by atoms with Gasteiger partial charge < -0.3 is 15.4 Å². The fraction of sp³-hybridized carbons (Fsp3) is 0.647. The number of nitrogens with one attached hydrogen (secondary N) is 2.